The van der Waals surface area contributed by atoms with Crippen LogP contribution in [-0.2, 0) is 44.4 Å². The maximum absolute atomic E-state index is 6.99. The lowest BCUT2D eigenvalue weighted by atomic mass is 9.77. The second kappa shape index (κ2) is 13.3. The Labute approximate surface area is 265 Å². The highest BCUT2D eigenvalue weighted by Gasteiger charge is 2.66. The second-order valence-electron chi connectivity index (χ2n) is 11.5. The molecule has 0 spiro atoms. The summed E-state index contributed by atoms with van der Waals surface area (Å²) in [4.78, 5) is 0. The SMILES string of the molecule is C=C[C@@]12CO[C@@](c3ccc(Cl)c(Cc4ccc(OCC)cc4)c3)(O1)[C@H](OCc1ccccc1)[C@@H](OCc1ccccc1)[C@@H]2C. The van der Waals surface area contributed by atoms with Crippen molar-refractivity contribution in [1.82, 2.24) is 0 Å². The smallest absolute Gasteiger partial charge is 0.225 e. The summed E-state index contributed by atoms with van der Waals surface area (Å²) < 4.78 is 32.9. The molecule has 2 fully saturated rings. The highest BCUT2D eigenvalue weighted by atomic mass is 35.5. The zero-order chi connectivity index (χ0) is 30.6. The first kappa shape index (κ1) is 30.6. The van der Waals surface area contributed by atoms with E-state index in [2.05, 4.69) is 56.0 Å². The Morgan fingerprint density at radius 2 is 1.52 bits per heavy atom. The number of halogens is 1. The Kier molecular flexibility index (Phi) is 9.22. The van der Waals surface area contributed by atoms with Crippen LogP contribution in [0.25, 0.3) is 0 Å². The van der Waals surface area contributed by atoms with Crippen molar-refractivity contribution in [1.29, 1.82) is 0 Å². The highest BCUT2D eigenvalue weighted by Crippen LogP contribution is 2.54. The molecule has 4 aromatic carbocycles. The largest absolute Gasteiger partial charge is 0.494 e. The molecular weight excluding hydrogens is 572 g/mol. The molecule has 4 aromatic rings. The number of fused-ring (bicyclic) bond motifs is 2. The standard InChI is InChI=1S/C38H39ClO5/c1-4-37-26-43-38(44-37,32-18-21-34(39)31(23-32)22-28-16-19-33(20-17-28)40-5-2)36(42-25-30-14-10-7-11-15-30)35(27(37)3)41-24-29-12-8-6-9-13-29/h4,6-21,23,27,35-36H,1,5,22,24-26H2,2-3H3/t27-,35-,36+,37-,38-/m0/s1. The van der Waals surface area contributed by atoms with Crippen LogP contribution < -0.4 is 4.74 Å². The number of benzene rings is 4. The summed E-state index contributed by atoms with van der Waals surface area (Å²) in [6, 6.07) is 34.4. The molecule has 2 bridgehead atoms. The molecule has 5 atom stereocenters. The van der Waals surface area contributed by atoms with Crippen molar-refractivity contribution < 1.29 is 23.7 Å². The lowest BCUT2D eigenvalue weighted by Crippen LogP contribution is -2.61. The van der Waals surface area contributed by atoms with E-state index in [0.29, 0.717) is 37.9 Å². The van der Waals surface area contributed by atoms with Crippen LogP contribution in [0.5, 0.6) is 5.75 Å². The molecule has 6 rings (SSSR count). The van der Waals surface area contributed by atoms with Crippen molar-refractivity contribution in [3.8, 4) is 5.75 Å². The van der Waals surface area contributed by atoms with Gasteiger partial charge in [-0.15, -0.1) is 6.58 Å². The average molecular weight is 611 g/mol. The van der Waals surface area contributed by atoms with E-state index in [-0.39, 0.29) is 12.0 Å². The molecule has 2 heterocycles. The van der Waals surface area contributed by atoms with Gasteiger partial charge in [-0.25, -0.2) is 0 Å². The van der Waals surface area contributed by atoms with Gasteiger partial charge in [0.1, 0.15) is 17.5 Å². The Morgan fingerprint density at radius 1 is 0.864 bits per heavy atom. The van der Waals surface area contributed by atoms with Gasteiger partial charge in [0.25, 0.3) is 0 Å². The van der Waals surface area contributed by atoms with Crippen LogP contribution in [0.15, 0.2) is 116 Å². The molecule has 44 heavy (non-hydrogen) atoms. The molecule has 0 aromatic heterocycles. The van der Waals surface area contributed by atoms with Gasteiger partial charge in [-0.05, 0) is 59.9 Å². The van der Waals surface area contributed by atoms with Gasteiger partial charge < -0.3 is 23.7 Å². The monoisotopic (exact) mass is 610 g/mol. The van der Waals surface area contributed by atoms with E-state index in [0.717, 1.165) is 33.6 Å². The summed E-state index contributed by atoms with van der Waals surface area (Å²) in [5.74, 6) is -0.467. The summed E-state index contributed by atoms with van der Waals surface area (Å²) in [6.07, 6.45) is 1.58. The van der Waals surface area contributed by atoms with Gasteiger partial charge in [0, 0.05) is 16.5 Å². The number of hydrogen-bond acceptors (Lipinski definition) is 5. The number of ether oxygens (including phenoxy) is 5. The van der Waals surface area contributed by atoms with E-state index in [1.165, 1.54) is 0 Å². The van der Waals surface area contributed by atoms with Gasteiger partial charge in [-0.3, -0.25) is 0 Å². The molecule has 0 radical (unpaired) electrons. The first-order chi connectivity index (χ1) is 21.5. The minimum atomic E-state index is -1.23. The summed E-state index contributed by atoms with van der Waals surface area (Å²) >= 11 is 6.79. The van der Waals surface area contributed by atoms with Crippen LogP contribution >= 0.6 is 11.6 Å². The van der Waals surface area contributed by atoms with Crippen molar-refractivity contribution in [2.24, 2.45) is 5.92 Å². The zero-order valence-corrected chi connectivity index (χ0v) is 26.0. The molecule has 0 N–H and O–H groups in total. The van der Waals surface area contributed by atoms with Crippen LogP contribution in [-0.4, -0.2) is 31.0 Å². The third kappa shape index (κ3) is 6.08. The van der Waals surface area contributed by atoms with Crippen LogP contribution in [0.1, 0.15) is 41.7 Å². The Hall–Kier alpha value is -3.45. The molecular formula is C38H39ClO5. The maximum Gasteiger partial charge on any atom is 0.225 e. The van der Waals surface area contributed by atoms with Gasteiger partial charge in [0.15, 0.2) is 0 Å². The summed E-state index contributed by atoms with van der Waals surface area (Å²) in [5.41, 5.74) is 4.33. The molecule has 228 valence electrons. The predicted molar refractivity (Wildman–Crippen MR) is 173 cm³/mol. The van der Waals surface area contributed by atoms with Crippen molar-refractivity contribution in [2.45, 2.75) is 57.1 Å². The number of hydrogen-bond donors (Lipinski definition) is 0. The maximum atomic E-state index is 6.99. The van der Waals surface area contributed by atoms with Crippen LogP contribution in [0.4, 0.5) is 0 Å². The van der Waals surface area contributed by atoms with Crippen LogP contribution in [0.3, 0.4) is 0 Å². The Morgan fingerprint density at radius 3 is 2.16 bits per heavy atom. The molecule has 2 aliphatic heterocycles. The van der Waals surface area contributed by atoms with Gasteiger partial charge in [-0.2, -0.15) is 0 Å². The van der Waals surface area contributed by atoms with E-state index >= 15 is 0 Å². The van der Waals surface area contributed by atoms with E-state index in [1.54, 1.807) is 0 Å². The predicted octanol–water partition coefficient (Wildman–Crippen LogP) is 8.27. The zero-order valence-electron chi connectivity index (χ0n) is 25.3. The summed E-state index contributed by atoms with van der Waals surface area (Å²) in [5, 5.41) is 0.676. The van der Waals surface area contributed by atoms with Crippen molar-refractivity contribution in [3.05, 3.63) is 149 Å². The molecule has 0 amide bonds. The third-order valence-electron chi connectivity index (χ3n) is 8.77. The first-order valence-electron chi connectivity index (χ1n) is 15.3. The van der Waals surface area contributed by atoms with E-state index in [4.69, 9.17) is 35.3 Å². The Balaban J connectivity index is 1.37. The first-order valence-corrected chi connectivity index (χ1v) is 15.6. The van der Waals surface area contributed by atoms with Crippen LogP contribution in [0.2, 0.25) is 5.02 Å². The fourth-order valence-electron chi connectivity index (χ4n) is 6.26. The average Bonchev–Trinajstić information content (AvgIpc) is 3.43. The number of rotatable bonds is 12. The summed E-state index contributed by atoms with van der Waals surface area (Å²) in [6.45, 7) is 10.1. The lowest BCUT2D eigenvalue weighted by molar-refractivity contribution is -0.326. The molecule has 2 saturated heterocycles. The molecule has 0 unspecified atom stereocenters. The molecule has 5 nitrogen and oxygen atoms in total. The van der Waals surface area contributed by atoms with Gasteiger partial charge in [0.2, 0.25) is 5.79 Å². The molecule has 2 aliphatic rings. The summed E-state index contributed by atoms with van der Waals surface area (Å²) in [7, 11) is 0. The molecule has 0 aliphatic carbocycles. The molecule has 6 heteroatoms. The second-order valence-corrected chi connectivity index (χ2v) is 12.0. The topological polar surface area (TPSA) is 46.2 Å². The van der Waals surface area contributed by atoms with Gasteiger partial charge in [-0.1, -0.05) is 103 Å². The van der Waals surface area contributed by atoms with Crippen LogP contribution in [0, 0.1) is 5.92 Å². The van der Waals surface area contributed by atoms with Crippen molar-refractivity contribution in [2.75, 3.05) is 13.2 Å². The Bertz CT molecular complexity index is 1540. The molecule has 0 saturated carbocycles. The third-order valence-corrected chi connectivity index (χ3v) is 9.14. The fraction of sp³-hybridized carbons (Fsp3) is 0.316. The minimum Gasteiger partial charge on any atom is -0.494 e. The fourth-order valence-corrected chi connectivity index (χ4v) is 6.44. The minimum absolute atomic E-state index is 0.0873. The quantitative estimate of drug-likeness (QED) is 0.151. The lowest BCUT2D eigenvalue weighted by Gasteiger charge is -2.49. The van der Waals surface area contributed by atoms with E-state index in [1.807, 2.05) is 73.7 Å². The van der Waals surface area contributed by atoms with Gasteiger partial charge >= 0.3 is 0 Å². The van der Waals surface area contributed by atoms with E-state index in [9.17, 15) is 0 Å². The normalized spacial score (nSPS) is 25.9. The van der Waals surface area contributed by atoms with Crippen molar-refractivity contribution in [3.63, 3.8) is 0 Å². The highest BCUT2D eigenvalue weighted by molar-refractivity contribution is 6.31. The van der Waals surface area contributed by atoms with Gasteiger partial charge in [0.05, 0.1) is 32.5 Å². The van der Waals surface area contributed by atoms with Crippen molar-refractivity contribution >= 4 is 11.6 Å². The van der Waals surface area contributed by atoms with E-state index < -0.39 is 17.5 Å².